The fourth-order valence-electron chi connectivity index (χ4n) is 6.07. The smallest absolute Gasteiger partial charge is 0.336 e. The Labute approximate surface area is 257 Å². The van der Waals surface area contributed by atoms with Crippen molar-refractivity contribution < 1.29 is 23.9 Å². The van der Waals surface area contributed by atoms with Crippen molar-refractivity contribution in [2.24, 2.45) is 16.3 Å². The summed E-state index contributed by atoms with van der Waals surface area (Å²) in [4.78, 5) is 45.7. The number of hydrogen-bond acceptors (Lipinski definition) is 6. The number of carbonyl (C=O) groups is 3. The van der Waals surface area contributed by atoms with E-state index in [0.29, 0.717) is 32.8 Å². The van der Waals surface area contributed by atoms with Crippen molar-refractivity contribution in [3.63, 3.8) is 0 Å². The van der Waals surface area contributed by atoms with Crippen LogP contribution in [0.2, 0.25) is 10.0 Å². The molecule has 2 unspecified atom stereocenters. The minimum atomic E-state index is -0.896. The minimum absolute atomic E-state index is 0.0197. The zero-order valence-electron chi connectivity index (χ0n) is 25.0. The molecule has 226 valence electrons. The van der Waals surface area contributed by atoms with E-state index in [4.69, 9.17) is 32.9 Å². The van der Waals surface area contributed by atoms with Crippen LogP contribution in [0.5, 0.6) is 0 Å². The first-order valence-corrected chi connectivity index (χ1v) is 14.9. The van der Waals surface area contributed by atoms with Gasteiger partial charge in [-0.1, -0.05) is 56.1 Å². The molecule has 1 fully saturated rings. The van der Waals surface area contributed by atoms with E-state index in [1.807, 2.05) is 24.0 Å². The van der Waals surface area contributed by atoms with Crippen molar-refractivity contribution in [3.05, 3.63) is 69.2 Å². The summed E-state index contributed by atoms with van der Waals surface area (Å²) >= 11 is 12.6. The number of halogens is 2. The van der Waals surface area contributed by atoms with Crippen LogP contribution in [-0.4, -0.2) is 60.9 Å². The molecule has 0 aromatic heterocycles. The monoisotopic (exact) mass is 615 g/mol. The van der Waals surface area contributed by atoms with E-state index in [0.717, 1.165) is 31.2 Å². The SMILES string of the molecule is COC(=O)C(CNC(=O)c1ccc(C(C)N2C(=O)C(c3cc(Cl)cc(Cl)c3)=NC23CCC(C(C)(C)C)CC3)cc1)OC. The summed E-state index contributed by atoms with van der Waals surface area (Å²) < 4.78 is 9.78. The van der Waals surface area contributed by atoms with Gasteiger partial charge in [0.1, 0.15) is 11.4 Å². The Kier molecular flexibility index (Phi) is 9.70. The first-order valence-electron chi connectivity index (χ1n) is 14.2. The molecule has 2 aromatic carbocycles. The van der Waals surface area contributed by atoms with Crippen molar-refractivity contribution in [2.75, 3.05) is 20.8 Å². The highest BCUT2D eigenvalue weighted by atomic mass is 35.5. The van der Waals surface area contributed by atoms with Gasteiger partial charge in [0.2, 0.25) is 0 Å². The fourth-order valence-corrected chi connectivity index (χ4v) is 6.60. The van der Waals surface area contributed by atoms with Gasteiger partial charge in [-0.25, -0.2) is 4.79 Å². The van der Waals surface area contributed by atoms with Gasteiger partial charge in [-0.15, -0.1) is 0 Å². The summed E-state index contributed by atoms with van der Waals surface area (Å²) in [6.45, 7) is 8.77. The number of amides is 2. The molecule has 42 heavy (non-hydrogen) atoms. The molecule has 4 rings (SSSR count). The molecule has 1 saturated carbocycles. The van der Waals surface area contributed by atoms with Crippen LogP contribution in [0.4, 0.5) is 0 Å². The molecule has 10 heteroatoms. The molecule has 1 heterocycles. The molecule has 0 saturated heterocycles. The Morgan fingerprint density at radius 2 is 1.67 bits per heavy atom. The van der Waals surface area contributed by atoms with Crippen molar-refractivity contribution >= 4 is 46.7 Å². The van der Waals surface area contributed by atoms with Crippen molar-refractivity contribution in [3.8, 4) is 0 Å². The zero-order chi connectivity index (χ0) is 30.8. The Morgan fingerprint density at radius 1 is 1.07 bits per heavy atom. The van der Waals surface area contributed by atoms with Crippen LogP contribution in [0.3, 0.4) is 0 Å². The van der Waals surface area contributed by atoms with E-state index in [9.17, 15) is 14.4 Å². The lowest BCUT2D eigenvalue weighted by molar-refractivity contribution is -0.151. The lowest BCUT2D eigenvalue weighted by Crippen LogP contribution is -2.50. The van der Waals surface area contributed by atoms with Gasteiger partial charge in [0.15, 0.2) is 6.10 Å². The predicted octanol–water partition coefficient (Wildman–Crippen LogP) is 6.24. The largest absolute Gasteiger partial charge is 0.467 e. The molecule has 2 aliphatic rings. The number of nitrogens with one attached hydrogen (secondary N) is 1. The summed E-state index contributed by atoms with van der Waals surface area (Å²) in [5, 5.41) is 3.60. The van der Waals surface area contributed by atoms with Crippen LogP contribution in [0.15, 0.2) is 47.5 Å². The quantitative estimate of drug-likeness (QED) is 0.355. The number of esters is 1. The summed E-state index contributed by atoms with van der Waals surface area (Å²) in [5.41, 5.74) is 1.77. The molecule has 0 bridgehead atoms. The summed E-state index contributed by atoms with van der Waals surface area (Å²) in [6, 6.07) is 11.9. The number of nitrogens with zero attached hydrogens (tertiary/aromatic N) is 2. The number of methoxy groups -OCH3 is 2. The van der Waals surface area contributed by atoms with Gasteiger partial charge in [0.25, 0.3) is 11.8 Å². The van der Waals surface area contributed by atoms with Crippen molar-refractivity contribution in [1.29, 1.82) is 0 Å². The van der Waals surface area contributed by atoms with Crippen molar-refractivity contribution in [1.82, 2.24) is 10.2 Å². The second-order valence-electron chi connectivity index (χ2n) is 12.2. The van der Waals surface area contributed by atoms with E-state index >= 15 is 0 Å². The standard InChI is InChI=1S/C32H39Cl2N3O5/c1-19(20-7-9-21(10-8-20)28(38)35-18-26(41-5)30(40)42-6)37-29(39)27(22-15-24(33)17-25(34)16-22)36-32(37)13-11-23(12-14-32)31(2,3)4/h7-10,15-17,19,23,26H,11-14,18H2,1-6H3,(H,35,38). The van der Waals surface area contributed by atoms with E-state index in [1.165, 1.54) is 14.2 Å². The molecule has 0 radical (unpaired) electrons. The molecule has 2 aromatic rings. The fraction of sp³-hybridized carbons (Fsp3) is 0.500. The third-order valence-corrected chi connectivity index (χ3v) is 9.01. The van der Waals surface area contributed by atoms with E-state index in [2.05, 4.69) is 30.8 Å². The third-order valence-electron chi connectivity index (χ3n) is 8.58. The Balaban J connectivity index is 1.59. The number of aliphatic imine (C=N–C) groups is 1. The Hall–Kier alpha value is -2.94. The average molecular weight is 617 g/mol. The first-order chi connectivity index (χ1) is 19.8. The van der Waals surface area contributed by atoms with Gasteiger partial charge >= 0.3 is 5.97 Å². The Bertz CT molecular complexity index is 1340. The van der Waals surface area contributed by atoms with Crippen LogP contribution in [-0.2, 0) is 19.1 Å². The van der Waals surface area contributed by atoms with Gasteiger partial charge in [-0.3, -0.25) is 14.6 Å². The van der Waals surface area contributed by atoms with Crippen LogP contribution in [0.1, 0.15) is 80.9 Å². The minimum Gasteiger partial charge on any atom is -0.467 e. The molecule has 1 aliphatic carbocycles. The molecule has 2 amide bonds. The average Bonchev–Trinajstić information content (AvgIpc) is 3.22. The highest BCUT2D eigenvalue weighted by Crippen LogP contribution is 2.49. The molecular weight excluding hydrogens is 577 g/mol. The lowest BCUT2D eigenvalue weighted by Gasteiger charge is -2.46. The van der Waals surface area contributed by atoms with Crippen LogP contribution in [0.25, 0.3) is 0 Å². The molecular formula is C32H39Cl2N3O5. The highest BCUT2D eigenvalue weighted by molar-refractivity contribution is 6.47. The van der Waals surface area contributed by atoms with Crippen LogP contribution < -0.4 is 5.32 Å². The summed E-state index contributed by atoms with van der Waals surface area (Å²) in [5.74, 6) is -0.544. The predicted molar refractivity (Wildman–Crippen MR) is 164 cm³/mol. The number of rotatable bonds is 8. The van der Waals surface area contributed by atoms with Crippen LogP contribution in [0, 0.1) is 11.3 Å². The van der Waals surface area contributed by atoms with Gasteiger partial charge in [0.05, 0.1) is 19.7 Å². The topological polar surface area (TPSA) is 97.3 Å². The molecule has 1 spiro atoms. The third kappa shape index (κ3) is 6.66. The maximum atomic E-state index is 14.1. The molecule has 1 N–H and O–H groups in total. The van der Waals surface area contributed by atoms with E-state index in [1.54, 1.807) is 30.3 Å². The Morgan fingerprint density at radius 3 is 2.19 bits per heavy atom. The maximum Gasteiger partial charge on any atom is 0.336 e. The first kappa shape index (κ1) is 32.0. The lowest BCUT2D eigenvalue weighted by atomic mass is 9.69. The van der Waals surface area contributed by atoms with Gasteiger partial charge < -0.3 is 19.7 Å². The van der Waals surface area contributed by atoms with Gasteiger partial charge in [0, 0.05) is 28.3 Å². The number of carbonyl (C=O) groups excluding carboxylic acids is 3. The number of ether oxygens (including phenoxy) is 2. The second kappa shape index (κ2) is 12.7. The van der Waals surface area contributed by atoms with Gasteiger partial charge in [-0.2, -0.15) is 0 Å². The highest BCUT2D eigenvalue weighted by Gasteiger charge is 2.52. The second-order valence-corrected chi connectivity index (χ2v) is 13.0. The normalized spacial score (nSPS) is 22.1. The molecule has 2 atom stereocenters. The zero-order valence-corrected chi connectivity index (χ0v) is 26.5. The number of benzene rings is 2. The maximum absolute atomic E-state index is 14.1. The van der Waals surface area contributed by atoms with E-state index in [-0.39, 0.29) is 29.8 Å². The number of hydrogen-bond donors (Lipinski definition) is 1. The summed E-state index contributed by atoms with van der Waals surface area (Å²) in [6.07, 6.45) is 2.53. The van der Waals surface area contributed by atoms with Gasteiger partial charge in [-0.05, 0) is 79.8 Å². The molecule has 8 nitrogen and oxygen atoms in total. The summed E-state index contributed by atoms with van der Waals surface area (Å²) in [7, 11) is 2.64. The molecule has 1 aliphatic heterocycles. The van der Waals surface area contributed by atoms with Crippen LogP contribution >= 0.6 is 23.2 Å². The van der Waals surface area contributed by atoms with Crippen molar-refractivity contribution in [2.45, 2.75) is 71.2 Å². The van der Waals surface area contributed by atoms with E-state index < -0.39 is 17.7 Å².